The number of nitrogens with zero attached hydrogens (tertiary/aromatic N) is 1. The molecule has 0 spiro atoms. The fraction of sp³-hybridized carbons (Fsp3) is 0.714. The predicted molar refractivity (Wildman–Crippen MR) is 83.8 cm³/mol. The van der Waals surface area contributed by atoms with E-state index in [0.29, 0.717) is 10.8 Å². The summed E-state index contributed by atoms with van der Waals surface area (Å²) in [5.41, 5.74) is 0. The zero-order valence-electron chi connectivity index (χ0n) is 12.3. The number of hydrogen-bond donors (Lipinski definition) is 1. The Morgan fingerprint density at radius 3 is 2.70 bits per heavy atom. The summed E-state index contributed by atoms with van der Waals surface area (Å²) in [7, 11) is -3.28. The molecule has 1 aromatic heterocycles. The Bertz CT molecular complexity index is 521. The van der Waals surface area contributed by atoms with E-state index in [9.17, 15) is 8.42 Å². The highest BCUT2D eigenvalue weighted by Crippen LogP contribution is 2.34. The van der Waals surface area contributed by atoms with Crippen LogP contribution in [0.15, 0.2) is 16.3 Å². The minimum Gasteiger partial charge on any atom is -0.317 e. The second kappa shape index (κ2) is 7.02. The van der Waals surface area contributed by atoms with Crippen molar-refractivity contribution in [2.75, 3.05) is 19.6 Å². The van der Waals surface area contributed by atoms with Crippen LogP contribution in [0.4, 0.5) is 0 Å². The molecule has 114 valence electrons. The van der Waals surface area contributed by atoms with Gasteiger partial charge in [-0.15, -0.1) is 11.3 Å². The van der Waals surface area contributed by atoms with Crippen LogP contribution in [0.2, 0.25) is 0 Å². The average Bonchev–Trinajstić information content (AvgIpc) is 3.13. The Labute approximate surface area is 126 Å². The van der Waals surface area contributed by atoms with E-state index < -0.39 is 10.0 Å². The van der Waals surface area contributed by atoms with Gasteiger partial charge in [-0.05, 0) is 50.9 Å². The second-order valence-corrected chi connectivity index (χ2v) is 8.46. The van der Waals surface area contributed by atoms with Crippen LogP contribution < -0.4 is 5.32 Å². The van der Waals surface area contributed by atoms with E-state index in [0.717, 1.165) is 43.6 Å². The second-order valence-electron chi connectivity index (χ2n) is 5.17. The van der Waals surface area contributed by atoms with E-state index >= 15 is 0 Å². The molecule has 1 fully saturated rings. The smallest absolute Gasteiger partial charge is 0.252 e. The average molecular weight is 316 g/mol. The number of hydrogen-bond acceptors (Lipinski definition) is 4. The fourth-order valence-electron chi connectivity index (χ4n) is 2.22. The third-order valence-corrected chi connectivity index (χ3v) is 6.96. The molecule has 0 unspecified atom stereocenters. The Morgan fingerprint density at radius 1 is 1.35 bits per heavy atom. The zero-order chi connectivity index (χ0) is 14.6. The minimum atomic E-state index is -3.28. The van der Waals surface area contributed by atoms with E-state index in [1.807, 2.05) is 13.0 Å². The van der Waals surface area contributed by atoms with Gasteiger partial charge in [0.05, 0.1) is 0 Å². The van der Waals surface area contributed by atoms with Crippen LogP contribution in [0.25, 0.3) is 0 Å². The summed E-state index contributed by atoms with van der Waals surface area (Å²) >= 11 is 1.42. The molecule has 1 aliphatic rings. The van der Waals surface area contributed by atoms with Crippen molar-refractivity contribution < 1.29 is 8.42 Å². The van der Waals surface area contributed by atoms with Gasteiger partial charge in [0.1, 0.15) is 4.21 Å². The van der Waals surface area contributed by atoms with E-state index in [1.54, 1.807) is 10.4 Å². The first-order chi connectivity index (χ1) is 9.59. The topological polar surface area (TPSA) is 49.4 Å². The van der Waals surface area contributed by atoms with Crippen molar-refractivity contribution in [3.8, 4) is 0 Å². The molecule has 0 atom stereocenters. The van der Waals surface area contributed by atoms with Gasteiger partial charge in [0.15, 0.2) is 0 Å². The molecular formula is C14H24N2O2S2. The molecule has 0 saturated heterocycles. The Hall–Kier alpha value is -0.430. The van der Waals surface area contributed by atoms with Crippen LogP contribution in [0.5, 0.6) is 0 Å². The molecule has 1 heterocycles. The van der Waals surface area contributed by atoms with Gasteiger partial charge in [0.2, 0.25) is 0 Å². The van der Waals surface area contributed by atoms with Gasteiger partial charge < -0.3 is 5.32 Å². The number of thiophene rings is 1. The summed E-state index contributed by atoms with van der Waals surface area (Å²) in [4.78, 5) is 1.14. The quantitative estimate of drug-likeness (QED) is 0.712. The highest BCUT2D eigenvalue weighted by Gasteiger charge is 2.37. The third-order valence-electron chi connectivity index (χ3n) is 3.40. The fourth-order valence-corrected chi connectivity index (χ4v) is 5.48. The highest BCUT2D eigenvalue weighted by atomic mass is 32.2. The zero-order valence-corrected chi connectivity index (χ0v) is 13.9. The number of rotatable bonds is 9. The maximum Gasteiger partial charge on any atom is 0.252 e. The lowest BCUT2D eigenvalue weighted by molar-refractivity contribution is 0.404. The van der Waals surface area contributed by atoms with Gasteiger partial charge >= 0.3 is 0 Å². The minimum absolute atomic E-state index is 0.243. The molecule has 1 aromatic rings. The van der Waals surface area contributed by atoms with Crippen molar-refractivity contribution in [2.45, 2.75) is 49.8 Å². The van der Waals surface area contributed by atoms with Crippen molar-refractivity contribution in [2.24, 2.45) is 0 Å². The van der Waals surface area contributed by atoms with Crippen LogP contribution in [-0.4, -0.2) is 38.4 Å². The monoisotopic (exact) mass is 316 g/mol. The van der Waals surface area contributed by atoms with Crippen molar-refractivity contribution >= 4 is 21.4 Å². The lowest BCUT2D eigenvalue weighted by Crippen LogP contribution is -2.33. The van der Waals surface area contributed by atoms with Gasteiger partial charge in [0, 0.05) is 17.5 Å². The highest BCUT2D eigenvalue weighted by molar-refractivity contribution is 7.91. The van der Waals surface area contributed by atoms with Crippen molar-refractivity contribution in [3.05, 3.63) is 17.0 Å². The van der Waals surface area contributed by atoms with Crippen LogP contribution in [0.1, 0.15) is 38.0 Å². The van der Waals surface area contributed by atoms with Crippen molar-refractivity contribution in [1.82, 2.24) is 9.62 Å². The van der Waals surface area contributed by atoms with Crippen LogP contribution in [0, 0.1) is 0 Å². The molecule has 0 amide bonds. The summed E-state index contributed by atoms with van der Waals surface area (Å²) in [6, 6.07) is 3.96. The molecular weight excluding hydrogens is 292 g/mol. The molecule has 4 nitrogen and oxygen atoms in total. The van der Waals surface area contributed by atoms with Gasteiger partial charge in [-0.25, -0.2) is 8.42 Å². The standard InChI is InChI=1S/C14H24N2O2S2/c1-3-11-16(12-5-6-12)20(17,18)14-8-7-13(19-14)9-10-15-4-2/h7-8,12,15H,3-6,9-11H2,1-2H3. The Balaban J connectivity index is 2.08. The summed E-state index contributed by atoms with van der Waals surface area (Å²) in [6.07, 6.45) is 3.79. The van der Waals surface area contributed by atoms with Gasteiger partial charge in [-0.2, -0.15) is 4.31 Å². The van der Waals surface area contributed by atoms with Crippen molar-refractivity contribution in [3.63, 3.8) is 0 Å². The molecule has 1 saturated carbocycles. The van der Waals surface area contributed by atoms with E-state index in [4.69, 9.17) is 0 Å². The Morgan fingerprint density at radius 2 is 2.10 bits per heavy atom. The molecule has 20 heavy (non-hydrogen) atoms. The van der Waals surface area contributed by atoms with E-state index in [-0.39, 0.29) is 6.04 Å². The normalized spacial score (nSPS) is 15.9. The molecule has 6 heteroatoms. The molecule has 2 rings (SSSR count). The molecule has 1 aliphatic carbocycles. The van der Waals surface area contributed by atoms with Crippen LogP contribution in [-0.2, 0) is 16.4 Å². The third kappa shape index (κ3) is 3.81. The molecule has 0 aromatic carbocycles. The molecule has 0 radical (unpaired) electrons. The van der Waals surface area contributed by atoms with Gasteiger partial charge in [-0.1, -0.05) is 13.8 Å². The van der Waals surface area contributed by atoms with Crippen LogP contribution >= 0.6 is 11.3 Å². The summed E-state index contributed by atoms with van der Waals surface area (Å²) in [5.74, 6) is 0. The molecule has 1 N–H and O–H groups in total. The summed E-state index contributed by atoms with van der Waals surface area (Å²) in [6.45, 7) is 6.58. The SMILES string of the molecule is CCCN(C1CC1)S(=O)(=O)c1ccc(CCNCC)s1. The van der Waals surface area contributed by atoms with E-state index in [1.165, 1.54) is 11.3 Å². The maximum atomic E-state index is 12.7. The van der Waals surface area contributed by atoms with Gasteiger partial charge in [0.25, 0.3) is 10.0 Å². The Kier molecular flexibility index (Phi) is 5.60. The lowest BCUT2D eigenvalue weighted by Gasteiger charge is -2.20. The maximum absolute atomic E-state index is 12.7. The number of likely N-dealkylation sites (N-methyl/N-ethyl adjacent to an activating group) is 1. The largest absolute Gasteiger partial charge is 0.317 e. The van der Waals surface area contributed by atoms with E-state index in [2.05, 4.69) is 12.2 Å². The van der Waals surface area contributed by atoms with Crippen molar-refractivity contribution in [1.29, 1.82) is 0 Å². The lowest BCUT2D eigenvalue weighted by atomic mass is 10.3. The summed E-state index contributed by atoms with van der Waals surface area (Å²) < 4.78 is 27.5. The predicted octanol–water partition coefficient (Wildman–Crippen LogP) is 2.46. The molecule has 0 bridgehead atoms. The number of sulfonamides is 1. The molecule has 0 aliphatic heterocycles. The first kappa shape index (κ1) is 15.9. The first-order valence-corrected chi connectivity index (χ1v) is 9.66. The van der Waals surface area contributed by atoms with Gasteiger partial charge in [-0.3, -0.25) is 0 Å². The van der Waals surface area contributed by atoms with Crippen LogP contribution in [0.3, 0.4) is 0 Å². The first-order valence-electron chi connectivity index (χ1n) is 7.40. The summed E-state index contributed by atoms with van der Waals surface area (Å²) in [5, 5.41) is 3.26. The number of nitrogens with one attached hydrogen (secondary N) is 1.